The van der Waals surface area contributed by atoms with Gasteiger partial charge in [0, 0.05) is 6.61 Å². The first kappa shape index (κ1) is 29.8. The van der Waals surface area contributed by atoms with E-state index in [1.54, 1.807) is 0 Å². The molecule has 1 aromatic carbocycles. The van der Waals surface area contributed by atoms with Crippen LogP contribution in [0.3, 0.4) is 0 Å². The van der Waals surface area contributed by atoms with Crippen molar-refractivity contribution in [3.63, 3.8) is 0 Å². The molecule has 0 saturated carbocycles. The number of fused-ring (bicyclic) bond motifs is 1. The van der Waals surface area contributed by atoms with Crippen LogP contribution < -0.4 is 9.47 Å². The van der Waals surface area contributed by atoms with Gasteiger partial charge in [-0.1, -0.05) is 78.9 Å². The van der Waals surface area contributed by atoms with Gasteiger partial charge in [0.25, 0.3) is 0 Å². The third-order valence-corrected chi connectivity index (χ3v) is 5.57. The zero-order valence-corrected chi connectivity index (χ0v) is 21.9. The van der Waals surface area contributed by atoms with E-state index < -0.39 is 0 Å². The van der Waals surface area contributed by atoms with Crippen LogP contribution in [0.5, 0.6) is 11.5 Å². The smallest absolute Gasteiger partial charge is 0.231 e. The first-order valence-electron chi connectivity index (χ1n) is 13.4. The van der Waals surface area contributed by atoms with E-state index in [1.807, 2.05) is 6.07 Å². The van der Waals surface area contributed by atoms with Crippen molar-refractivity contribution in [2.75, 3.05) is 39.8 Å². The van der Waals surface area contributed by atoms with Gasteiger partial charge < -0.3 is 23.7 Å². The minimum atomic E-state index is 0.305. The third-order valence-electron chi connectivity index (χ3n) is 5.57. The van der Waals surface area contributed by atoms with Gasteiger partial charge in [0.15, 0.2) is 11.5 Å². The lowest BCUT2D eigenvalue weighted by molar-refractivity contribution is 0.0101. The molecule has 0 unspecified atom stereocenters. The maximum Gasteiger partial charge on any atom is 0.231 e. The molecule has 190 valence electrons. The monoisotopic (exact) mass is 464 g/mol. The summed E-state index contributed by atoms with van der Waals surface area (Å²) in [5.74, 6) is 1.66. The summed E-state index contributed by atoms with van der Waals surface area (Å²) < 4.78 is 27.6. The maximum absolute atomic E-state index is 5.75. The summed E-state index contributed by atoms with van der Waals surface area (Å²) in [6.45, 7) is 13.0. The lowest BCUT2D eigenvalue weighted by atomic mass is 9.68. The van der Waals surface area contributed by atoms with Gasteiger partial charge >= 0.3 is 0 Å². The van der Waals surface area contributed by atoms with Gasteiger partial charge in [-0.25, -0.2) is 0 Å². The van der Waals surface area contributed by atoms with Crippen LogP contribution in [0, 0.1) is 0 Å². The highest BCUT2D eigenvalue weighted by Crippen LogP contribution is 2.35. The molecule has 6 heteroatoms. The fourth-order valence-corrected chi connectivity index (χ4v) is 3.56. The zero-order chi connectivity index (χ0) is 24.0. The summed E-state index contributed by atoms with van der Waals surface area (Å²) in [5, 5.41) is 0. The first-order valence-corrected chi connectivity index (χ1v) is 13.4. The van der Waals surface area contributed by atoms with Crippen molar-refractivity contribution in [3.05, 3.63) is 23.3 Å². The number of benzene rings is 1. The Balaban J connectivity index is 0.000000513. The van der Waals surface area contributed by atoms with Gasteiger partial charge in [-0.3, -0.25) is 0 Å². The van der Waals surface area contributed by atoms with Gasteiger partial charge in [0.1, 0.15) is 7.28 Å². The van der Waals surface area contributed by atoms with Crippen LogP contribution in [0.4, 0.5) is 0 Å². The molecule has 33 heavy (non-hydrogen) atoms. The van der Waals surface area contributed by atoms with E-state index in [0.29, 0.717) is 39.8 Å². The number of ether oxygens (including phenoxy) is 5. The second-order valence-electron chi connectivity index (χ2n) is 8.62. The van der Waals surface area contributed by atoms with E-state index in [9.17, 15) is 0 Å². The van der Waals surface area contributed by atoms with Gasteiger partial charge in [0.05, 0.1) is 33.0 Å². The molecule has 1 heterocycles. The normalized spacial score (nSPS) is 11.9. The Bertz CT molecular complexity index is 576. The fourth-order valence-electron chi connectivity index (χ4n) is 3.56. The number of rotatable bonds is 19. The highest BCUT2D eigenvalue weighted by molar-refractivity contribution is 6.35. The lowest BCUT2D eigenvalue weighted by Gasteiger charge is -2.11. The van der Waals surface area contributed by atoms with Gasteiger partial charge in [-0.15, -0.1) is 0 Å². The second kappa shape index (κ2) is 21.3. The van der Waals surface area contributed by atoms with Crippen LogP contribution in [0.15, 0.2) is 12.1 Å². The van der Waals surface area contributed by atoms with E-state index in [1.165, 1.54) is 56.7 Å². The zero-order valence-electron chi connectivity index (χ0n) is 21.9. The summed E-state index contributed by atoms with van der Waals surface area (Å²) >= 11 is 0. The molecule has 0 radical (unpaired) electrons. The second-order valence-corrected chi connectivity index (χ2v) is 8.62. The van der Waals surface area contributed by atoms with Crippen molar-refractivity contribution in [1.29, 1.82) is 0 Å². The first-order chi connectivity index (χ1) is 16.3. The molecule has 0 atom stereocenters. The highest BCUT2D eigenvalue weighted by atomic mass is 16.7. The highest BCUT2D eigenvalue weighted by Gasteiger charge is 2.16. The van der Waals surface area contributed by atoms with Crippen molar-refractivity contribution in [3.8, 4) is 11.5 Å². The Hall–Kier alpha value is -1.24. The Labute approximate surface area is 204 Å². The molecule has 0 bridgehead atoms. The van der Waals surface area contributed by atoms with Crippen molar-refractivity contribution < 1.29 is 23.7 Å². The van der Waals surface area contributed by atoms with Crippen LogP contribution in [-0.2, 0) is 27.2 Å². The van der Waals surface area contributed by atoms with E-state index in [0.717, 1.165) is 43.8 Å². The van der Waals surface area contributed by atoms with Gasteiger partial charge in [0.2, 0.25) is 6.79 Å². The molecule has 1 aliphatic heterocycles. The van der Waals surface area contributed by atoms with Crippen molar-refractivity contribution in [1.82, 2.24) is 0 Å². The number of unbranched alkanes of at least 4 members (excludes halogenated alkanes) is 3. The van der Waals surface area contributed by atoms with Crippen LogP contribution in [0.2, 0.25) is 12.6 Å². The fraction of sp³-hybridized carbons (Fsp3) is 0.778. The molecular formula is C27H49BO5. The van der Waals surface area contributed by atoms with E-state index in [2.05, 4.69) is 33.8 Å². The minimum absolute atomic E-state index is 0.305. The SMILES string of the molecule is CCCCBCCCC.CCCCOCCOCCOCc1cc2c(cc1CCC)OCO2. The molecule has 0 aliphatic carbocycles. The lowest BCUT2D eigenvalue weighted by Crippen LogP contribution is -2.10. The summed E-state index contributed by atoms with van der Waals surface area (Å²) in [5.41, 5.74) is 2.44. The topological polar surface area (TPSA) is 46.2 Å². The molecule has 0 spiro atoms. The van der Waals surface area contributed by atoms with Crippen molar-refractivity contribution in [2.24, 2.45) is 0 Å². The summed E-state index contributed by atoms with van der Waals surface area (Å²) in [6, 6.07) is 4.12. The van der Waals surface area contributed by atoms with Gasteiger partial charge in [-0.05, 0) is 36.1 Å². The maximum atomic E-state index is 5.75. The van der Waals surface area contributed by atoms with Crippen LogP contribution >= 0.6 is 0 Å². The molecule has 0 aromatic heterocycles. The molecule has 0 amide bonds. The number of aryl methyl sites for hydroxylation is 1. The van der Waals surface area contributed by atoms with Gasteiger partial charge in [-0.2, -0.15) is 0 Å². The summed E-state index contributed by atoms with van der Waals surface area (Å²) in [6.07, 6.45) is 12.9. The Morgan fingerprint density at radius 2 is 1.21 bits per heavy atom. The predicted octanol–water partition coefficient (Wildman–Crippen LogP) is 6.58. The van der Waals surface area contributed by atoms with E-state index >= 15 is 0 Å². The molecule has 2 rings (SSSR count). The van der Waals surface area contributed by atoms with E-state index in [4.69, 9.17) is 23.7 Å². The molecule has 1 aromatic rings. The van der Waals surface area contributed by atoms with Crippen LogP contribution in [0.1, 0.15) is 83.8 Å². The molecule has 5 nitrogen and oxygen atoms in total. The van der Waals surface area contributed by atoms with E-state index in [-0.39, 0.29) is 0 Å². The average molecular weight is 464 g/mol. The quantitative estimate of drug-likeness (QED) is 0.171. The van der Waals surface area contributed by atoms with Crippen molar-refractivity contribution >= 4 is 7.28 Å². The number of hydrogen-bond acceptors (Lipinski definition) is 5. The Morgan fingerprint density at radius 3 is 1.79 bits per heavy atom. The Kier molecular flexibility index (Phi) is 19.2. The molecule has 1 aliphatic rings. The standard InChI is InChI=1S/C19H30O5.C8H19B/c1-3-5-7-20-8-9-21-10-11-22-14-17-13-19-18(23-15-24-19)12-16(17)6-4-2;1-3-5-7-9-8-6-4-2/h12-13H,3-11,14-15H2,1-2H3;9H,3-8H2,1-2H3. The van der Waals surface area contributed by atoms with Crippen LogP contribution in [0.25, 0.3) is 0 Å². The minimum Gasteiger partial charge on any atom is -0.454 e. The summed E-state index contributed by atoms with van der Waals surface area (Å²) in [7, 11) is 1.46. The average Bonchev–Trinajstić information content (AvgIpc) is 3.28. The molecule has 0 fully saturated rings. The third kappa shape index (κ3) is 14.6. The molecule has 0 N–H and O–H groups in total. The molecular weight excluding hydrogens is 415 g/mol. The number of hydrogen-bond donors (Lipinski definition) is 0. The molecule has 0 saturated heterocycles. The predicted molar refractivity (Wildman–Crippen MR) is 139 cm³/mol. The van der Waals surface area contributed by atoms with Crippen LogP contribution in [-0.4, -0.2) is 47.1 Å². The summed E-state index contributed by atoms with van der Waals surface area (Å²) in [4.78, 5) is 0. The Morgan fingerprint density at radius 1 is 0.667 bits per heavy atom. The van der Waals surface area contributed by atoms with Crippen molar-refractivity contribution in [2.45, 2.75) is 98.3 Å². The largest absolute Gasteiger partial charge is 0.454 e.